The van der Waals surface area contributed by atoms with Gasteiger partial charge in [0.05, 0.1) is 6.42 Å². The van der Waals surface area contributed by atoms with E-state index >= 15 is 0 Å². The number of piperazine rings is 1. The molecule has 1 atom stereocenters. The van der Waals surface area contributed by atoms with Crippen molar-refractivity contribution in [1.82, 2.24) is 20.4 Å². The molecule has 5 rings (SSSR count). The number of hydrogen-bond donors (Lipinski definition) is 2. The second-order valence-corrected chi connectivity index (χ2v) is 11.5. The van der Waals surface area contributed by atoms with Gasteiger partial charge in [-0.2, -0.15) is 0 Å². The molecule has 0 aromatic heterocycles. The van der Waals surface area contributed by atoms with Crippen molar-refractivity contribution in [3.8, 4) is 11.1 Å². The maximum absolute atomic E-state index is 13.6. The molecule has 7 nitrogen and oxygen atoms in total. The molecular formula is C35H42N4O3. The fourth-order valence-electron chi connectivity index (χ4n) is 6.24. The van der Waals surface area contributed by atoms with Crippen molar-refractivity contribution in [2.45, 2.75) is 57.0 Å². The van der Waals surface area contributed by atoms with Crippen molar-refractivity contribution in [3.63, 3.8) is 0 Å². The molecule has 2 N–H and O–H groups in total. The van der Waals surface area contributed by atoms with Gasteiger partial charge in [0.1, 0.15) is 11.6 Å². The second-order valence-electron chi connectivity index (χ2n) is 11.5. The number of carbonyl (C=O) groups is 3. The summed E-state index contributed by atoms with van der Waals surface area (Å²) in [4.78, 5) is 44.1. The van der Waals surface area contributed by atoms with Crippen LogP contribution in [-0.4, -0.2) is 71.8 Å². The van der Waals surface area contributed by atoms with Crippen LogP contribution in [0.15, 0.2) is 84.9 Å². The highest BCUT2D eigenvalue weighted by Gasteiger charge is 2.53. The van der Waals surface area contributed by atoms with Gasteiger partial charge in [-0.05, 0) is 54.4 Å². The smallest absolute Gasteiger partial charge is 0.246 e. The molecule has 2 fully saturated rings. The van der Waals surface area contributed by atoms with E-state index in [1.165, 1.54) is 5.56 Å². The summed E-state index contributed by atoms with van der Waals surface area (Å²) in [5.41, 5.74) is 3.72. The Bertz CT molecular complexity index is 1340. The van der Waals surface area contributed by atoms with Gasteiger partial charge in [0.25, 0.3) is 0 Å². The Morgan fingerprint density at radius 2 is 1.50 bits per heavy atom. The number of nitrogens with one attached hydrogen (secondary N) is 2. The minimum Gasteiger partial charge on any atom is -0.356 e. The number of hydrogen-bond acceptors (Lipinski definition) is 4. The highest BCUT2D eigenvalue weighted by Crippen LogP contribution is 2.33. The van der Waals surface area contributed by atoms with Gasteiger partial charge in [0, 0.05) is 32.7 Å². The van der Waals surface area contributed by atoms with Gasteiger partial charge in [-0.1, -0.05) is 91.9 Å². The van der Waals surface area contributed by atoms with E-state index in [-0.39, 0.29) is 24.1 Å². The average molecular weight is 567 g/mol. The van der Waals surface area contributed by atoms with E-state index in [9.17, 15) is 14.4 Å². The molecule has 2 aliphatic rings. The summed E-state index contributed by atoms with van der Waals surface area (Å²) in [7, 11) is 0. The Morgan fingerprint density at radius 1 is 0.857 bits per heavy atom. The van der Waals surface area contributed by atoms with Crippen molar-refractivity contribution in [1.29, 1.82) is 0 Å². The maximum atomic E-state index is 13.6. The number of nitrogens with zero attached hydrogens (tertiary/aromatic N) is 2. The lowest BCUT2D eigenvalue weighted by atomic mass is 9.81. The quantitative estimate of drug-likeness (QED) is 0.364. The zero-order valence-corrected chi connectivity index (χ0v) is 24.6. The first kappa shape index (κ1) is 29.5. The lowest BCUT2D eigenvalue weighted by molar-refractivity contribution is -0.161. The zero-order chi connectivity index (χ0) is 29.4. The van der Waals surface area contributed by atoms with Crippen molar-refractivity contribution >= 4 is 17.7 Å². The van der Waals surface area contributed by atoms with Crippen LogP contribution in [0, 0.1) is 0 Å². The van der Waals surface area contributed by atoms with Gasteiger partial charge < -0.3 is 20.4 Å². The Kier molecular flexibility index (Phi) is 9.70. The molecule has 1 spiro atoms. The van der Waals surface area contributed by atoms with Gasteiger partial charge in [0.2, 0.25) is 17.7 Å². The topological polar surface area (TPSA) is 81.8 Å². The van der Waals surface area contributed by atoms with Gasteiger partial charge >= 0.3 is 0 Å². The van der Waals surface area contributed by atoms with Crippen molar-refractivity contribution in [2.24, 2.45) is 0 Å². The monoisotopic (exact) mass is 566 g/mol. The van der Waals surface area contributed by atoms with E-state index in [1.807, 2.05) is 60.4 Å². The Balaban J connectivity index is 1.11. The zero-order valence-electron chi connectivity index (χ0n) is 24.6. The van der Waals surface area contributed by atoms with Crippen molar-refractivity contribution < 1.29 is 14.4 Å². The van der Waals surface area contributed by atoms with E-state index in [1.54, 1.807) is 0 Å². The Morgan fingerprint density at radius 3 is 2.17 bits per heavy atom. The van der Waals surface area contributed by atoms with E-state index in [0.717, 1.165) is 49.2 Å². The third-order valence-electron chi connectivity index (χ3n) is 8.68. The predicted octanol–water partition coefficient (Wildman–Crippen LogP) is 4.22. The number of piperidine rings is 1. The Labute approximate surface area is 249 Å². The fraction of sp³-hybridized carbons (Fsp3) is 0.400. The normalized spacial score (nSPS) is 18.6. The highest BCUT2D eigenvalue weighted by atomic mass is 16.2. The standard InChI is InChI=1S/C35H42N4O3/c1-2-22-39-33(41)31(17-21-36-32(40)26-28-13-15-30(16-14-28)29-11-7-4-8-12-29)37-34(42)35(39)19-24-38(25-20-35)23-18-27-9-5-3-6-10-27/h3-16,31H,2,17-26H2,1H3,(H,36,40)(H,37,42)/t31-/m0/s1. The molecule has 0 saturated carbocycles. The minimum absolute atomic E-state index is 0.0278. The fourth-order valence-corrected chi connectivity index (χ4v) is 6.24. The van der Waals surface area contributed by atoms with E-state index in [4.69, 9.17) is 0 Å². The molecule has 2 heterocycles. The first-order chi connectivity index (χ1) is 20.5. The van der Waals surface area contributed by atoms with Gasteiger partial charge in [0.15, 0.2) is 0 Å². The lowest BCUT2D eigenvalue weighted by Crippen LogP contribution is -2.73. The molecule has 2 aliphatic heterocycles. The third kappa shape index (κ3) is 6.90. The maximum Gasteiger partial charge on any atom is 0.246 e. The highest BCUT2D eigenvalue weighted by molar-refractivity contribution is 6.00. The van der Waals surface area contributed by atoms with Crippen molar-refractivity contribution in [3.05, 3.63) is 96.1 Å². The number of benzene rings is 3. The minimum atomic E-state index is -0.776. The van der Waals surface area contributed by atoms with Gasteiger partial charge in [-0.3, -0.25) is 14.4 Å². The molecule has 2 saturated heterocycles. The summed E-state index contributed by atoms with van der Waals surface area (Å²) >= 11 is 0. The second kappa shape index (κ2) is 13.8. The summed E-state index contributed by atoms with van der Waals surface area (Å²) in [6.45, 7) is 5.48. The molecule has 3 amide bonds. The summed E-state index contributed by atoms with van der Waals surface area (Å²) in [5.74, 6) is -0.171. The van der Waals surface area contributed by atoms with E-state index in [2.05, 4.69) is 51.9 Å². The molecule has 0 radical (unpaired) electrons. The SMILES string of the molecule is CCCN1C(=O)[C@H](CCNC(=O)Cc2ccc(-c3ccccc3)cc2)NC(=O)C12CCN(CCc1ccccc1)CC2. The van der Waals surface area contributed by atoms with Gasteiger partial charge in [-0.15, -0.1) is 0 Å². The van der Waals surface area contributed by atoms with Crippen LogP contribution in [0.25, 0.3) is 11.1 Å². The molecule has 42 heavy (non-hydrogen) atoms. The molecule has 0 aliphatic carbocycles. The number of likely N-dealkylation sites (tertiary alicyclic amines) is 1. The summed E-state index contributed by atoms with van der Waals surface area (Å²) < 4.78 is 0. The van der Waals surface area contributed by atoms with Crippen LogP contribution >= 0.6 is 0 Å². The van der Waals surface area contributed by atoms with Crippen LogP contribution in [0.2, 0.25) is 0 Å². The van der Waals surface area contributed by atoms with Crippen LogP contribution in [-0.2, 0) is 27.2 Å². The molecule has 0 bridgehead atoms. The predicted molar refractivity (Wildman–Crippen MR) is 166 cm³/mol. The van der Waals surface area contributed by atoms with Crippen LogP contribution in [0.3, 0.4) is 0 Å². The molecule has 3 aromatic rings. The van der Waals surface area contributed by atoms with E-state index in [0.29, 0.717) is 32.4 Å². The van der Waals surface area contributed by atoms with Gasteiger partial charge in [-0.25, -0.2) is 0 Å². The molecule has 3 aromatic carbocycles. The molecule has 220 valence electrons. The van der Waals surface area contributed by atoms with Crippen LogP contribution < -0.4 is 10.6 Å². The summed E-state index contributed by atoms with van der Waals surface area (Å²) in [5, 5.41) is 5.98. The Hall–Kier alpha value is -3.97. The van der Waals surface area contributed by atoms with Crippen LogP contribution in [0.1, 0.15) is 43.7 Å². The summed E-state index contributed by atoms with van der Waals surface area (Å²) in [6.07, 6.45) is 3.71. The molecular weight excluding hydrogens is 524 g/mol. The number of rotatable bonds is 11. The first-order valence-electron chi connectivity index (χ1n) is 15.3. The van der Waals surface area contributed by atoms with E-state index < -0.39 is 11.6 Å². The number of amides is 3. The average Bonchev–Trinajstić information content (AvgIpc) is 3.03. The van der Waals surface area contributed by atoms with Crippen molar-refractivity contribution in [2.75, 3.05) is 32.7 Å². The lowest BCUT2D eigenvalue weighted by Gasteiger charge is -2.51. The number of carbonyl (C=O) groups excluding carboxylic acids is 3. The molecule has 0 unspecified atom stereocenters. The largest absolute Gasteiger partial charge is 0.356 e. The first-order valence-corrected chi connectivity index (χ1v) is 15.3. The molecule has 7 heteroatoms. The summed E-state index contributed by atoms with van der Waals surface area (Å²) in [6, 6.07) is 28.0. The van der Waals surface area contributed by atoms with Crippen LogP contribution in [0.4, 0.5) is 0 Å². The third-order valence-corrected chi connectivity index (χ3v) is 8.68. The van der Waals surface area contributed by atoms with Crippen LogP contribution in [0.5, 0.6) is 0 Å².